The topological polar surface area (TPSA) is 43.8 Å². The molecule has 2 aromatic rings. The summed E-state index contributed by atoms with van der Waals surface area (Å²) in [6.07, 6.45) is 1.73. The maximum Gasteiger partial charge on any atom is 0.150 e. The molecular weight excluding hydrogens is 265 g/mol. The van der Waals surface area contributed by atoms with Crippen molar-refractivity contribution >= 4 is 11.6 Å². The van der Waals surface area contributed by atoms with Gasteiger partial charge in [0.25, 0.3) is 0 Å². The number of aromatic nitrogens is 2. The molecule has 0 bridgehead atoms. The first-order valence-electron chi connectivity index (χ1n) is 6.25. The van der Waals surface area contributed by atoms with Crippen LogP contribution in [-0.2, 0) is 6.42 Å². The predicted octanol–water partition coefficient (Wildman–Crippen LogP) is 3.17. The summed E-state index contributed by atoms with van der Waals surface area (Å²) in [5, 5.41) is 4.76. The molecule has 0 saturated heterocycles. The summed E-state index contributed by atoms with van der Waals surface area (Å²) in [5.41, 5.74) is 8.77. The van der Waals surface area contributed by atoms with Crippen LogP contribution >= 0.6 is 11.6 Å². The quantitative estimate of drug-likeness (QED) is 0.935. The average Bonchev–Trinajstić information content (AvgIpc) is 2.63. The lowest BCUT2D eigenvalue weighted by Gasteiger charge is -2.08. The second-order valence-corrected chi connectivity index (χ2v) is 4.93. The van der Waals surface area contributed by atoms with Crippen molar-refractivity contribution in [2.45, 2.75) is 26.7 Å². The monoisotopic (exact) mass is 281 g/mol. The van der Waals surface area contributed by atoms with Crippen molar-refractivity contribution in [1.29, 1.82) is 0 Å². The van der Waals surface area contributed by atoms with E-state index in [0.717, 1.165) is 29.8 Å². The number of hydrogen-bond donors (Lipinski definition) is 1. The first-order valence-corrected chi connectivity index (χ1v) is 6.63. The zero-order valence-electron chi connectivity index (χ0n) is 11.1. The lowest BCUT2D eigenvalue weighted by molar-refractivity contribution is 0.608. The standard InChI is InChI=1S/C14H17ClFN3/c1-9-11(5-4-8-17)10(2)19(18-9)14-12(15)6-3-7-13(14)16/h3,6-7H,4-5,8,17H2,1-2H3. The number of para-hydroxylation sites is 1. The Balaban J connectivity index is 2.52. The van der Waals surface area contributed by atoms with Gasteiger partial charge in [-0.1, -0.05) is 17.7 Å². The largest absolute Gasteiger partial charge is 0.330 e. The number of benzene rings is 1. The molecule has 0 radical (unpaired) electrons. The Hall–Kier alpha value is -1.39. The highest BCUT2D eigenvalue weighted by atomic mass is 35.5. The minimum Gasteiger partial charge on any atom is -0.330 e. The normalized spacial score (nSPS) is 11.0. The SMILES string of the molecule is Cc1nn(-c2c(F)cccc2Cl)c(C)c1CCCN. The second kappa shape index (κ2) is 5.72. The highest BCUT2D eigenvalue weighted by Crippen LogP contribution is 2.26. The molecule has 1 aromatic carbocycles. The molecule has 2 N–H and O–H groups in total. The van der Waals surface area contributed by atoms with Gasteiger partial charge in [0.2, 0.25) is 0 Å². The maximum atomic E-state index is 13.9. The summed E-state index contributed by atoms with van der Waals surface area (Å²) in [7, 11) is 0. The van der Waals surface area contributed by atoms with Crippen molar-refractivity contribution in [1.82, 2.24) is 9.78 Å². The Labute approximate surface area is 117 Å². The van der Waals surface area contributed by atoms with Crippen LogP contribution in [0.4, 0.5) is 4.39 Å². The Bertz CT molecular complexity index is 572. The highest BCUT2D eigenvalue weighted by molar-refractivity contribution is 6.32. The molecule has 0 aliphatic heterocycles. The fraction of sp³-hybridized carbons (Fsp3) is 0.357. The van der Waals surface area contributed by atoms with Crippen LogP contribution in [0.1, 0.15) is 23.4 Å². The summed E-state index contributed by atoms with van der Waals surface area (Å²) < 4.78 is 15.5. The summed E-state index contributed by atoms with van der Waals surface area (Å²) in [4.78, 5) is 0. The smallest absolute Gasteiger partial charge is 0.150 e. The van der Waals surface area contributed by atoms with Gasteiger partial charge in [-0.05, 0) is 50.9 Å². The maximum absolute atomic E-state index is 13.9. The highest BCUT2D eigenvalue weighted by Gasteiger charge is 2.17. The van der Waals surface area contributed by atoms with Gasteiger partial charge in [-0.15, -0.1) is 0 Å². The Morgan fingerprint density at radius 1 is 1.37 bits per heavy atom. The van der Waals surface area contributed by atoms with E-state index in [9.17, 15) is 4.39 Å². The fourth-order valence-corrected chi connectivity index (χ4v) is 2.47. The van der Waals surface area contributed by atoms with Crippen molar-refractivity contribution < 1.29 is 4.39 Å². The molecule has 1 heterocycles. The number of hydrogen-bond acceptors (Lipinski definition) is 2. The lowest BCUT2D eigenvalue weighted by Crippen LogP contribution is -2.04. The zero-order valence-corrected chi connectivity index (χ0v) is 11.8. The molecule has 0 spiro atoms. The van der Waals surface area contributed by atoms with E-state index >= 15 is 0 Å². The molecule has 1 aromatic heterocycles. The molecule has 0 aliphatic carbocycles. The number of nitrogens with zero attached hydrogens (tertiary/aromatic N) is 2. The van der Waals surface area contributed by atoms with Gasteiger partial charge in [0.05, 0.1) is 10.7 Å². The van der Waals surface area contributed by atoms with Crippen LogP contribution < -0.4 is 5.73 Å². The summed E-state index contributed by atoms with van der Waals surface area (Å²) in [6.45, 7) is 4.48. The van der Waals surface area contributed by atoms with Gasteiger partial charge in [0.1, 0.15) is 11.5 Å². The summed E-state index contributed by atoms with van der Waals surface area (Å²) in [6, 6.07) is 4.63. The first-order chi connectivity index (χ1) is 9.06. The Kier molecular flexibility index (Phi) is 4.22. The molecule has 0 aliphatic rings. The van der Waals surface area contributed by atoms with Crippen molar-refractivity contribution in [2.75, 3.05) is 6.54 Å². The van der Waals surface area contributed by atoms with Gasteiger partial charge in [0, 0.05) is 5.69 Å². The molecule has 19 heavy (non-hydrogen) atoms. The molecule has 0 saturated carbocycles. The lowest BCUT2D eigenvalue weighted by atomic mass is 10.1. The van der Waals surface area contributed by atoms with E-state index in [0.29, 0.717) is 17.3 Å². The third kappa shape index (κ3) is 2.65. The van der Waals surface area contributed by atoms with Crippen molar-refractivity contribution in [2.24, 2.45) is 5.73 Å². The van der Waals surface area contributed by atoms with Crippen LogP contribution in [0.2, 0.25) is 5.02 Å². The van der Waals surface area contributed by atoms with E-state index in [1.54, 1.807) is 16.8 Å². The minimum atomic E-state index is -0.372. The molecule has 102 valence electrons. The predicted molar refractivity (Wildman–Crippen MR) is 75.4 cm³/mol. The second-order valence-electron chi connectivity index (χ2n) is 4.52. The van der Waals surface area contributed by atoms with Gasteiger partial charge in [0.15, 0.2) is 0 Å². The summed E-state index contributed by atoms with van der Waals surface area (Å²) in [5.74, 6) is -0.372. The molecule has 3 nitrogen and oxygen atoms in total. The van der Waals surface area contributed by atoms with Gasteiger partial charge < -0.3 is 5.73 Å². The molecule has 0 fully saturated rings. The van der Waals surface area contributed by atoms with Crippen LogP contribution in [-0.4, -0.2) is 16.3 Å². The van der Waals surface area contributed by atoms with Crippen molar-refractivity contribution in [3.8, 4) is 5.69 Å². The van der Waals surface area contributed by atoms with Crippen LogP contribution in [0.15, 0.2) is 18.2 Å². The fourth-order valence-electron chi connectivity index (χ4n) is 2.22. The van der Waals surface area contributed by atoms with E-state index in [1.807, 2.05) is 13.8 Å². The average molecular weight is 282 g/mol. The van der Waals surface area contributed by atoms with Gasteiger partial charge >= 0.3 is 0 Å². The number of halogens is 2. The molecule has 0 unspecified atom stereocenters. The van der Waals surface area contributed by atoms with Crippen molar-refractivity contribution in [3.63, 3.8) is 0 Å². The van der Waals surface area contributed by atoms with Crippen LogP contribution in [0.5, 0.6) is 0 Å². The third-order valence-electron chi connectivity index (χ3n) is 3.22. The van der Waals surface area contributed by atoms with E-state index < -0.39 is 0 Å². The summed E-state index contributed by atoms with van der Waals surface area (Å²) >= 11 is 6.08. The number of aryl methyl sites for hydroxylation is 1. The third-order valence-corrected chi connectivity index (χ3v) is 3.53. The zero-order chi connectivity index (χ0) is 14.0. The molecular formula is C14H17ClFN3. The van der Waals surface area contributed by atoms with Crippen LogP contribution in [0, 0.1) is 19.7 Å². The van der Waals surface area contributed by atoms with Gasteiger partial charge in [-0.25, -0.2) is 9.07 Å². The van der Waals surface area contributed by atoms with E-state index in [1.165, 1.54) is 6.07 Å². The minimum absolute atomic E-state index is 0.309. The number of rotatable bonds is 4. The molecule has 2 rings (SSSR count). The van der Waals surface area contributed by atoms with E-state index in [-0.39, 0.29) is 5.82 Å². The van der Waals surface area contributed by atoms with E-state index in [2.05, 4.69) is 5.10 Å². The van der Waals surface area contributed by atoms with E-state index in [4.69, 9.17) is 17.3 Å². The van der Waals surface area contributed by atoms with Gasteiger partial charge in [-0.3, -0.25) is 0 Å². The molecule has 0 amide bonds. The van der Waals surface area contributed by atoms with Crippen molar-refractivity contribution in [3.05, 3.63) is 46.0 Å². The Morgan fingerprint density at radius 3 is 2.74 bits per heavy atom. The molecule has 0 atom stereocenters. The first kappa shape index (κ1) is 14.0. The van der Waals surface area contributed by atoms with Crippen LogP contribution in [0.3, 0.4) is 0 Å². The van der Waals surface area contributed by atoms with Gasteiger partial charge in [-0.2, -0.15) is 5.10 Å². The van der Waals surface area contributed by atoms with Crippen LogP contribution in [0.25, 0.3) is 5.69 Å². The Morgan fingerprint density at radius 2 is 2.11 bits per heavy atom. The number of nitrogens with two attached hydrogens (primary N) is 1. The molecule has 5 heteroatoms.